The molecule has 0 atom stereocenters. The predicted molar refractivity (Wildman–Crippen MR) is 122 cm³/mol. The Bertz CT molecular complexity index is 1300. The van der Waals surface area contributed by atoms with E-state index in [0.29, 0.717) is 11.2 Å². The topological polar surface area (TPSA) is 70.2 Å². The Morgan fingerprint density at radius 2 is 1.90 bits per heavy atom. The number of pyridine rings is 1. The molecule has 0 fully saturated rings. The smallest absolute Gasteiger partial charge is 0.234 e. The number of aromatic nitrogens is 2. The Kier molecular flexibility index (Phi) is 5.47. The first-order valence-electron chi connectivity index (χ1n) is 9.84. The summed E-state index contributed by atoms with van der Waals surface area (Å²) in [5, 5.41) is 13.6. The molecule has 2 aromatic heterocycles. The van der Waals surface area contributed by atoms with Gasteiger partial charge in [0.1, 0.15) is 6.07 Å². The van der Waals surface area contributed by atoms with Gasteiger partial charge in [0.25, 0.3) is 0 Å². The zero-order chi connectivity index (χ0) is 21.3. The molecule has 0 spiro atoms. The maximum atomic E-state index is 12.6. The Morgan fingerprint density at radius 3 is 2.60 bits per heavy atom. The van der Waals surface area contributed by atoms with Gasteiger partial charge in [-0.15, -0.1) is 0 Å². The fourth-order valence-corrected chi connectivity index (χ4v) is 4.63. The zero-order valence-corrected chi connectivity index (χ0v) is 18.0. The van der Waals surface area contributed by atoms with Crippen LogP contribution in [0.1, 0.15) is 29.2 Å². The first-order valence-corrected chi connectivity index (χ1v) is 10.8. The molecule has 0 aliphatic heterocycles. The number of benzene rings is 2. The Morgan fingerprint density at radius 1 is 1.17 bits per heavy atom. The molecule has 2 heterocycles. The van der Waals surface area contributed by atoms with Gasteiger partial charge in [0.05, 0.1) is 27.4 Å². The summed E-state index contributed by atoms with van der Waals surface area (Å²) >= 11 is 1.46. The standard InChI is InChI=1S/C24H22N4OS/c1-4-17-12-23(30-14-22(29)26-18-10-15(2)9-16(3)11-18)28-21-8-6-5-7-20(21)27-24(28)19(17)13-25/h5-12H,4,14H2,1-3H3,(H,26,29). The van der Waals surface area contributed by atoms with Crippen molar-refractivity contribution in [1.82, 2.24) is 9.38 Å². The molecule has 1 N–H and O–H groups in total. The summed E-state index contributed by atoms with van der Waals surface area (Å²) in [5.74, 6) is 0.203. The summed E-state index contributed by atoms with van der Waals surface area (Å²) in [6, 6.07) is 18.2. The second-order valence-electron chi connectivity index (χ2n) is 7.32. The van der Waals surface area contributed by atoms with E-state index < -0.39 is 0 Å². The number of nitrogens with zero attached hydrogens (tertiary/aromatic N) is 3. The third-order valence-corrected chi connectivity index (χ3v) is 5.98. The Balaban J connectivity index is 1.68. The number of carbonyl (C=O) groups excluding carboxylic acids is 1. The van der Waals surface area contributed by atoms with Crippen molar-refractivity contribution in [2.45, 2.75) is 32.2 Å². The molecular formula is C24H22N4OS. The summed E-state index contributed by atoms with van der Waals surface area (Å²) in [5.41, 5.74) is 7.00. The van der Waals surface area contributed by atoms with Crippen LogP contribution in [-0.4, -0.2) is 21.0 Å². The van der Waals surface area contributed by atoms with Crippen molar-refractivity contribution in [2.24, 2.45) is 0 Å². The van der Waals surface area contributed by atoms with Crippen LogP contribution in [0.25, 0.3) is 16.7 Å². The van der Waals surface area contributed by atoms with Crippen LogP contribution in [0.5, 0.6) is 0 Å². The molecule has 0 unspecified atom stereocenters. The molecule has 1 amide bonds. The maximum Gasteiger partial charge on any atom is 0.234 e. The average Bonchev–Trinajstić information content (AvgIpc) is 3.10. The lowest BCUT2D eigenvalue weighted by Crippen LogP contribution is -2.14. The second kappa shape index (κ2) is 8.21. The highest BCUT2D eigenvalue weighted by Gasteiger charge is 2.17. The highest BCUT2D eigenvalue weighted by atomic mass is 32.2. The first-order chi connectivity index (χ1) is 14.5. The fourth-order valence-electron chi connectivity index (χ4n) is 3.74. The quantitative estimate of drug-likeness (QED) is 0.452. The Labute approximate surface area is 179 Å². The number of amides is 1. The average molecular weight is 415 g/mol. The fraction of sp³-hybridized carbons (Fsp3) is 0.208. The number of nitrogens with one attached hydrogen (secondary N) is 1. The van der Waals surface area contributed by atoms with E-state index in [1.54, 1.807) is 0 Å². The van der Waals surface area contributed by atoms with Gasteiger partial charge in [0.15, 0.2) is 5.65 Å². The number of fused-ring (bicyclic) bond motifs is 3. The number of rotatable bonds is 5. The molecule has 4 aromatic rings. The van der Waals surface area contributed by atoms with E-state index in [-0.39, 0.29) is 11.7 Å². The summed E-state index contributed by atoms with van der Waals surface area (Å²) < 4.78 is 1.99. The van der Waals surface area contributed by atoms with E-state index >= 15 is 0 Å². The van der Waals surface area contributed by atoms with Gasteiger partial charge in [-0.2, -0.15) is 5.26 Å². The molecule has 0 bridgehead atoms. The van der Waals surface area contributed by atoms with Gasteiger partial charge in [-0.25, -0.2) is 4.98 Å². The highest BCUT2D eigenvalue weighted by molar-refractivity contribution is 7.99. The van der Waals surface area contributed by atoms with Gasteiger partial charge in [-0.1, -0.05) is 36.9 Å². The van der Waals surface area contributed by atoms with Crippen molar-refractivity contribution in [3.8, 4) is 6.07 Å². The minimum atomic E-state index is -0.0648. The largest absolute Gasteiger partial charge is 0.325 e. The number of nitriles is 1. The molecule has 30 heavy (non-hydrogen) atoms. The number of hydrogen-bond acceptors (Lipinski definition) is 4. The van der Waals surface area contributed by atoms with Gasteiger partial charge < -0.3 is 5.32 Å². The van der Waals surface area contributed by atoms with Crippen LogP contribution >= 0.6 is 11.8 Å². The van der Waals surface area contributed by atoms with Crippen LogP contribution in [-0.2, 0) is 11.2 Å². The molecule has 6 heteroatoms. The number of imidazole rings is 1. The van der Waals surface area contributed by atoms with Gasteiger partial charge in [0.2, 0.25) is 5.91 Å². The van der Waals surface area contributed by atoms with Crippen molar-refractivity contribution in [3.63, 3.8) is 0 Å². The van der Waals surface area contributed by atoms with Crippen molar-refractivity contribution in [1.29, 1.82) is 5.26 Å². The minimum Gasteiger partial charge on any atom is -0.325 e. The molecule has 0 saturated carbocycles. The van der Waals surface area contributed by atoms with Crippen LogP contribution in [0.3, 0.4) is 0 Å². The van der Waals surface area contributed by atoms with Crippen molar-refractivity contribution in [3.05, 3.63) is 70.8 Å². The SMILES string of the molecule is CCc1cc(SCC(=O)Nc2cc(C)cc(C)c2)n2c(nc3ccccc32)c1C#N. The summed E-state index contributed by atoms with van der Waals surface area (Å²) in [7, 11) is 0. The lowest BCUT2D eigenvalue weighted by molar-refractivity contribution is -0.113. The molecule has 2 aromatic carbocycles. The van der Waals surface area contributed by atoms with Crippen LogP contribution in [0.15, 0.2) is 53.6 Å². The number of carbonyl (C=O) groups is 1. The van der Waals surface area contributed by atoms with E-state index in [4.69, 9.17) is 4.98 Å². The molecule has 5 nitrogen and oxygen atoms in total. The lowest BCUT2D eigenvalue weighted by atomic mass is 10.1. The van der Waals surface area contributed by atoms with Gasteiger partial charge in [-0.05, 0) is 67.3 Å². The predicted octanol–water partition coefficient (Wildman–Crippen LogP) is 5.27. The van der Waals surface area contributed by atoms with E-state index in [0.717, 1.165) is 44.9 Å². The molecule has 0 radical (unpaired) electrons. The maximum absolute atomic E-state index is 12.6. The monoisotopic (exact) mass is 414 g/mol. The van der Waals surface area contributed by atoms with Crippen molar-refractivity contribution >= 4 is 40.0 Å². The molecule has 0 saturated heterocycles. The Hall–Kier alpha value is -3.30. The molecule has 4 rings (SSSR count). The summed E-state index contributed by atoms with van der Waals surface area (Å²) in [6.07, 6.45) is 0.727. The van der Waals surface area contributed by atoms with Crippen molar-refractivity contribution in [2.75, 3.05) is 11.1 Å². The van der Waals surface area contributed by atoms with Gasteiger partial charge in [-0.3, -0.25) is 9.20 Å². The van der Waals surface area contributed by atoms with Crippen LogP contribution in [0, 0.1) is 25.2 Å². The second-order valence-corrected chi connectivity index (χ2v) is 8.32. The zero-order valence-electron chi connectivity index (χ0n) is 17.2. The van der Waals surface area contributed by atoms with Crippen LogP contribution < -0.4 is 5.32 Å². The van der Waals surface area contributed by atoms with Gasteiger partial charge in [0, 0.05) is 5.69 Å². The first kappa shape index (κ1) is 20.0. The van der Waals surface area contributed by atoms with Crippen LogP contribution in [0.2, 0.25) is 0 Å². The van der Waals surface area contributed by atoms with E-state index in [2.05, 4.69) is 17.5 Å². The summed E-state index contributed by atoms with van der Waals surface area (Å²) in [6.45, 7) is 6.05. The van der Waals surface area contributed by atoms with Gasteiger partial charge >= 0.3 is 0 Å². The molecule has 0 aliphatic carbocycles. The van der Waals surface area contributed by atoms with E-state index in [9.17, 15) is 10.1 Å². The molecular weight excluding hydrogens is 392 g/mol. The van der Waals surface area contributed by atoms with E-state index in [1.165, 1.54) is 11.8 Å². The molecule has 150 valence electrons. The number of anilines is 1. The lowest BCUT2D eigenvalue weighted by Gasteiger charge is -2.11. The van der Waals surface area contributed by atoms with Crippen LogP contribution in [0.4, 0.5) is 5.69 Å². The third-order valence-electron chi connectivity index (χ3n) is 4.97. The number of thioether (sulfide) groups is 1. The van der Waals surface area contributed by atoms with E-state index in [1.807, 2.05) is 67.6 Å². The minimum absolute atomic E-state index is 0.0648. The number of aryl methyl sites for hydroxylation is 3. The third kappa shape index (κ3) is 3.77. The number of hydrogen-bond donors (Lipinski definition) is 1. The molecule has 0 aliphatic rings. The summed E-state index contributed by atoms with van der Waals surface area (Å²) in [4.78, 5) is 17.3. The highest BCUT2D eigenvalue weighted by Crippen LogP contribution is 2.30. The van der Waals surface area contributed by atoms with Crippen molar-refractivity contribution < 1.29 is 4.79 Å². The normalized spacial score (nSPS) is 11.0. The number of para-hydroxylation sites is 2.